The predicted molar refractivity (Wildman–Crippen MR) is 99.0 cm³/mol. The first-order valence-electron chi connectivity index (χ1n) is 8.96. The van der Waals surface area contributed by atoms with Crippen LogP contribution in [0.3, 0.4) is 0 Å². The van der Waals surface area contributed by atoms with Crippen LogP contribution in [0.25, 0.3) is 0 Å². The number of halogens is 1. The van der Waals surface area contributed by atoms with E-state index in [0.717, 1.165) is 5.56 Å². The molecule has 0 aromatic heterocycles. The number of rotatable bonds is 6. The number of amides is 4. The van der Waals surface area contributed by atoms with Crippen molar-refractivity contribution in [1.29, 1.82) is 0 Å². The maximum atomic E-state index is 12.8. The van der Waals surface area contributed by atoms with Crippen LogP contribution in [0.5, 0.6) is 0 Å². The summed E-state index contributed by atoms with van der Waals surface area (Å²) in [6, 6.07) is 6.16. The highest BCUT2D eigenvalue weighted by Crippen LogP contribution is 2.22. The number of nitrogens with one attached hydrogen (secondary N) is 2. The summed E-state index contributed by atoms with van der Waals surface area (Å²) in [5.41, 5.74) is 0.811. The van der Waals surface area contributed by atoms with E-state index in [1.165, 1.54) is 4.90 Å². The van der Waals surface area contributed by atoms with Crippen molar-refractivity contribution in [2.75, 3.05) is 26.2 Å². The van der Waals surface area contributed by atoms with Crippen molar-refractivity contribution in [1.82, 2.24) is 20.4 Å². The highest BCUT2D eigenvalue weighted by Gasteiger charge is 2.43. The maximum Gasteiger partial charge on any atom is 0.317 e. The summed E-state index contributed by atoms with van der Waals surface area (Å²) in [6.45, 7) is 0.978. The Labute approximate surface area is 162 Å². The number of urea groups is 1. The van der Waals surface area contributed by atoms with Gasteiger partial charge in [-0.1, -0.05) is 29.8 Å². The summed E-state index contributed by atoms with van der Waals surface area (Å²) in [7, 11) is 0. The van der Waals surface area contributed by atoms with Gasteiger partial charge in [-0.05, 0) is 24.5 Å². The number of nitrogens with zero attached hydrogens (tertiary/aromatic N) is 2. The lowest BCUT2D eigenvalue weighted by atomic mass is 10.1. The molecule has 0 bridgehead atoms. The molecule has 3 N–H and O–H groups in total. The molecule has 2 aliphatic heterocycles. The van der Waals surface area contributed by atoms with E-state index >= 15 is 0 Å². The first-order chi connectivity index (χ1) is 13.0. The fourth-order valence-corrected chi connectivity index (χ4v) is 3.65. The summed E-state index contributed by atoms with van der Waals surface area (Å²) < 4.78 is 0. The third-order valence-electron chi connectivity index (χ3n) is 4.86. The minimum absolute atomic E-state index is 0.00509. The first kappa shape index (κ1) is 19.4. The van der Waals surface area contributed by atoms with E-state index in [4.69, 9.17) is 16.7 Å². The van der Waals surface area contributed by atoms with Crippen molar-refractivity contribution in [3.63, 3.8) is 0 Å². The summed E-state index contributed by atoms with van der Waals surface area (Å²) in [5, 5.41) is 15.2. The van der Waals surface area contributed by atoms with Gasteiger partial charge in [0.25, 0.3) is 0 Å². The second kappa shape index (κ2) is 8.58. The van der Waals surface area contributed by atoms with Crippen molar-refractivity contribution in [2.24, 2.45) is 0 Å². The standard InChI is InChI=1S/C18H23ClN4O4/c19-14-5-2-1-4-12(14)10-22(6-3-7-24)18(27)21-13-8-15-17(26)20-9-16(25)23(15)11-13/h1-2,4-5,13,15,24H,3,6-11H2,(H,20,26)(H,21,27)/t13-,15+/m1/s1. The van der Waals surface area contributed by atoms with Crippen LogP contribution in [0.4, 0.5) is 4.79 Å². The number of fused-ring (bicyclic) bond motifs is 1. The van der Waals surface area contributed by atoms with Crippen LogP contribution in [0.15, 0.2) is 24.3 Å². The van der Waals surface area contributed by atoms with Gasteiger partial charge in [0.15, 0.2) is 0 Å². The molecule has 2 heterocycles. The van der Waals surface area contributed by atoms with E-state index in [-0.39, 0.29) is 37.0 Å². The molecular weight excluding hydrogens is 372 g/mol. The Morgan fingerprint density at radius 2 is 2.15 bits per heavy atom. The SMILES string of the molecule is O=C1NCC(=O)N2C[C@H](NC(=O)N(CCCO)Cc3ccccc3Cl)C[C@@H]12. The molecule has 8 nitrogen and oxygen atoms in total. The van der Waals surface area contributed by atoms with Crippen molar-refractivity contribution >= 4 is 29.4 Å². The fraction of sp³-hybridized carbons (Fsp3) is 0.500. The number of benzene rings is 1. The molecule has 3 rings (SSSR count). The monoisotopic (exact) mass is 394 g/mol. The van der Waals surface area contributed by atoms with Crippen LogP contribution >= 0.6 is 11.6 Å². The van der Waals surface area contributed by atoms with Gasteiger partial charge in [0.05, 0.1) is 12.6 Å². The van der Waals surface area contributed by atoms with Gasteiger partial charge in [-0.15, -0.1) is 0 Å². The van der Waals surface area contributed by atoms with Gasteiger partial charge in [-0.2, -0.15) is 0 Å². The Balaban J connectivity index is 1.65. The molecule has 1 aromatic carbocycles. The van der Waals surface area contributed by atoms with E-state index < -0.39 is 6.04 Å². The van der Waals surface area contributed by atoms with Gasteiger partial charge in [0, 0.05) is 31.3 Å². The molecule has 1 aromatic rings. The zero-order valence-corrected chi connectivity index (χ0v) is 15.6. The van der Waals surface area contributed by atoms with E-state index in [9.17, 15) is 14.4 Å². The van der Waals surface area contributed by atoms with Crippen LogP contribution in [0, 0.1) is 0 Å². The van der Waals surface area contributed by atoms with E-state index in [1.807, 2.05) is 18.2 Å². The van der Waals surface area contributed by atoms with Gasteiger partial charge in [0.1, 0.15) is 6.04 Å². The number of aliphatic hydroxyl groups excluding tert-OH is 1. The Morgan fingerprint density at radius 3 is 2.85 bits per heavy atom. The zero-order chi connectivity index (χ0) is 19.4. The first-order valence-corrected chi connectivity index (χ1v) is 9.34. The minimum atomic E-state index is -0.522. The summed E-state index contributed by atoms with van der Waals surface area (Å²) in [4.78, 5) is 39.8. The van der Waals surface area contributed by atoms with Crippen LogP contribution < -0.4 is 10.6 Å². The molecule has 0 aliphatic carbocycles. The summed E-state index contributed by atoms with van der Waals surface area (Å²) >= 11 is 6.20. The van der Waals surface area contributed by atoms with Gasteiger partial charge >= 0.3 is 6.03 Å². The van der Waals surface area contributed by atoms with Crippen molar-refractivity contribution in [2.45, 2.75) is 31.5 Å². The number of carbonyl (C=O) groups is 3. The topological polar surface area (TPSA) is 102 Å². The second-order valence-corrected chi connectivity index (χ2v) is 7.16. The molecule has 2 fully saturated rings. The average Bonchev–Trinajstić information content (AvgIpc) is 3.08. The molecule has 2 atom stereocenters. The molecule has 0 unspecified atom stereocenters. The molecule has 146 valence electrons. The summed E-state index contributed by atoms with van der Waals surface area (Å²) in [5.74, 6) is -0.316. The minimum Gasteiger partial charge on any atom is -0.396 e. The molecule has 0 radical (unpaired) electrons. The second-order valence-electron chi connectivity index (χ2n) is 6.75. The lowest BCUT2D eigenvalue weighted by Crippen LogP contribution is -2.55. The number of hydrogen-bond donors (Lipinski definition) is 3. The average molecular weight is 395 g/mol. The quantitative estimate of drug-likeness (QED) is 0.647. The Morgan fingerprint density at radius 1 is 1.37 bits per heavy atom. The van der Waals surface area contributed by atoms with Crippen molar-refractivity contribution in [3.05, 3.63) is 34.9 Å². The molecule has 2 saturated heterocycles. The lowest BCUT2D eigenvalue weighted by Gasteiger charge is -2.28. The van der Waals surface area contributed by atoms with Crippen molar-refractivity contribution < 1.29 is 19.5 Å². The highest BCUT2D eigenvalue weighted by molar-refractivity contribution is 6.31. The van der Waals surface area contributed by atoms with E-state index in [1.54, 1.807) is 11.0 Å². The smallest absolute Gasteiger partial charge is 0.317 e. The predicted octanol–water partition coefficient (Wildman–Crippen LogP) is 0.333. The number of hydrogen-bond acceptors (Lipinski definition) is 4. The van der Waals surface area contributed by atoms with Crippen LogP contribution in [-0.4, -0.2) is 71.1 Å². The Hall–Kier alpha value is -2.32. The highest BCUT2D eigenvalue weighted by atomic mass is 35.5. The molecule has 4 amide bonds. The lowest BCUT2D eigenvalue weighted by molar-refractivity contribution is -0.143. The summed E-state index contributed by atoms with van der Waals surface area (Å²) in [6.07, 6.45) is 0.835. The van der Waals surface area contributed by atoms with E-state index in [2.05, 4.69) is 10.6 Å². The van der Waals surface area contributed by atoms with Crippen LogP contribution in [0.2, 0.25) is 5.02 Å². The molecule has 2 aliphatic rings. The molecule has 0 spiro atoms. The normalized spacial score (nSPS) is 21.6. The maximum absolute atomic E-state index is 12.8. The van der Waals surface area contributed by atoms with E-state index in [0.29, 0.717) is 37.5 Å². The fourth-order valence-electron chi connectivity index (χ4n) is 3.46. The number of piperazine rings is 1. The van der Waals surface area contributed by atoms with Crippen LogP contribution in [0.1, 0.15) is 18.4 Å². The largest absolute Gasteiger partial charge is 0.396 e. The van der Waals surface area contributed by atoms with Gasteiger partial charge in [-0.3, -0.25) is 9.59 Å². The Kier molecular flexibility index (Phi) is 6.18. The third kappa shape index (κ3) is 4.51. The van der Waals surface area contributed by atoms with Gasteiger partial charge in [0.2, 0.25) is 11.8 Å². The van der Waals surface area contributed by atoms with Gasteiger partial charge in [-0.25, -0.2) is 4.79 Å². The Bertz CT molecular complexity index is 705. The molecular formula is C18H23ClN4O4. The molecule has 9 heteroatoms. The van der Waals surface area contributed by atoms with Crippen molar-refractivity contribution in [3.8, 4) is 0 Å². The van der Waals surface area contributed by atoms with Gasteiger partial charge < -0.3 is 25.5 Å². The number of aliphatic hydroxyl groups is 1. The molecule has 0 saturated carbocycles. The van der Waals surface area contributed by atoms with Crippen LogP contribution in [-0.2, 0) is 16.1 Å². The molecule has 27 heavy (non-hydrogen) atoms. The zero-order valence-electron chi connectivity index (χ0n) is 14.9. The number of carbonyl (C=O) groups excluding carboxylic acids is 3. The third-order valence-corrected chi connectivity index (χ3v) is 5.23.